The highest BCUT2D eigenvalue weighted by molar-refractivity contribution is 6.03. The molecule has 0 amide bonds. The molecule has 2 heterocycles. The smallest absolute Gasteiger partial charge is 0.336 e. The fourth-order valence-corrected chi connectivity index (χ4v) is 2.62. The standard InChI is InChI=1S/C18H18N2O5/c1-4-23-14-7-6-11(8-15(14)24-5-2)13-9-12(18(21)22)16-10(3)20-25-17(16)19-13/h6-9H,4-5H2,1-3H3,(H,21,22). The van der Waals surface area contributed by atoms with Crippen molar-refractivity contribution in [2.45, 2.75) is 20.8 Å². The molecule has 3 aromatic rings. The zero-order valence-corrected chi connectivity index (χ0v) is 14.2. The van der Waals surface area contributed by atoms with Crippen LogP contribution in [0.15, 0.2) is 28.8 Å². The van der Waals surface area contributed by atoms with E-state index in [9.17, 15) is 9.90 Å². The number of carbonyl (C=O) groups is 1. The molecule has 130 valence electrons. The minimum Gasteiger partial charge on any atom is -0.490 e. The minimum absolute atomic E-state index is 0.102. The Morgan fingerprint density at radius 3 is 2.56 bits per heavy atom. The maximum Gasteiger partial charge on any atom is 0.336 e. The van der Waals surface area contributed by atoms with Gasteiger partial charge in [-0.15, -0.1) is 0 Å². The van der Waals surface area contributed by atoms with Crippen molar-refractivity contribution in [2.24, 2.45) is 0 Å². The molecular formula is C18H18N2O5. The van der Waals surface area contributed by atoms with E-state index in [0.717, 1.165) is 0 Å². The van der Waals surface area contributed by atoms with Gasteiger partial charge in [0, 0.05) is 5.56 Å². The lowest BCUT2D eigenvalue weighted by Gasteiger charge is -2.12. The summed E-state index contributed by atoms with van der Waals surface area (Å²) in [5.41, 5.74) is 1.95. The van der Waals surface area contributed by atoms with Gasteiger partial charge >= 0.3 is 5.97 Å². The summed E-state index contributed by atoms with van der Waals surface area (Å²) < 4.78 is 16.3. The lowest BCUT2D eigenvalue weighted by atomic mass is 10.1. The first-order valence-electron chi connectivity index (χ1n) is 7.95. The maximum absolute atomic E-state index is 11.6. The Morgan fingerprint density at radius 2 is 1.88 bits per heavy atom. The first kappa shape index (κ1) is 16.8. The number of nitrogens with zero attached hydrogens (tertiary/aromatic N) is 2. The zero-order chi connectivity index (χ0) is 18.0. The molecule has 0 radical (unpaired) electrons. The Hall–Kier alpha value is -3.09. The van der Waals surface area contributed by atoms with Crippen molar-refractivity contribution in [1.29, 1.82) is 0 Å². The molecule has 0 aliphatic rings. The quantitative estimate of drug-likeness (QED) is 0.730. The molecular weight excluding hydrogens is 324 g/mol. The van der Waals surface area contributed by atoms with Crippen molar-refractivity contribution >= 4 is 17.1 Å². The summed E-state index contributed by atoms with van der Waals surface area (Å²) >= 11 is 0. The molecule has 7 heteroatoms. The van der Waals surface area contributed by atoms with E-state index in [1.807, 2.05) is 13.8 Å². The van der Waals surface area contributed by atoms with Gasteiger partial charge in [0.2, 0.25) is 0 Å². The van der Waals surface area contributed by atoms with E-state index in [0.29, 0.717) is 47.1 Å². The highest BCUT2D eigenvalue weighted by Gasteiger charge is 2.19. The summed E-state index contributed by atoms with van der Waals surface area (Å²) in [4.78, 5) is 16.0. The van der Waals surface area contributed by atoms with Crippen molar-refractivity contribution in [3.05, 3.63) is 35.5 Å². The molecule has 0 spiro atoms. The summed E-state index contributed by atoms with van der Waals surface area (Å²) in [7, 11) is 0. The number of fused-ring (bicyclic) bond motifs is 1. The van der Waals surface area contributed by atoms with Crippen LogP contribution < -0.4 is 9.47 Å². The van der Waals surface area contributed by atoms with Crippen LogP contribution >= 0.6 is 0 Å². The van der Waals surface area contributed by atoms with Crippen LogP contribution in [-0.2, 0) is 0 Å². The van der Waals surface area contributed by atoms with Gasteiger partial charge in [0.15, 0.2) is 11.5 Å². The number of benzene rings is 1. The van der Waals surface area contributed by atoms with Crippen molar-refractivity contribution in [3.63, 3.8) is 0 Å². The van der Waals surface area contributed by atoms with Crippen LogP contribution in [0, 0.1) is 6.92 Å². The van der Waals surface area contributed by atoms with E-state index in [-0.39, 0.29) is 11.3 Å². The Bertz CT molecular complexity index is 933. The number of aromatic carboxylic acids is 1. The number of carboxylic acids is 1. The van der Waals surface area contributed by atoms with Gasteiger partial charge in [-0.1, -0.05) is 5.16 Å². The predicted octanol–water partition coefficient (Wildman–Crippen LogP) is 3.69. The topological polar surface area (TPSA) is 94.7 Å². The van der Waals surface area contributed by atoms with Crippen molar-refractivity contribution in [3.8, 4) is 22.8 Å². The first-order chi connectivity index (χ1) is 12.0. The van der Waals surface area contributed by atoms with Gasteiger partial charge in [0.05, 0.1) is 35.6 Å². The van der Waals surface area contributed by atoms with Gasteiger partial charge in [-0.25, -0.2) is 9.78 Å². The van der Waals surface area contributed by atoms with Crippen molar-refractivity contribution in [1.82, 2.24) is 10.1 Å². The Balaban J connectivity index is 2.15. The lowest BCUT2D eigenvalue weighted by molar-refractivity contribution is 0.0699. The number of aryl methyl sites for hydroxylation is 1. The second-order valence-electron chi connectivity index (χ2n) is 5.34. The summed E-state index contributed by atoms with van der Waals surface area (Å²) in [6.07, 6.45) is 0. The lowest BCUT2D eigenvalue weighted by Crippen LogP contribution is -2.01. The Labute approximate surface area is 144 Å². The zero-order valence-electron chi connectivity index (χ0n) is 14.2. The third kappa shape index (κ3) is 3.13. The van der Waals surface area contributed by atoms with Crippen LogP contribution in [-0.4, -0.2) is 34.4 Å². The number of aromatic nitrogens is 2. The van der Waals surface area contributed by atoms with Crippen LogP contribution in [0.3, 0.4) is 0 Å². The van der Waals surface area contributed by atoms with Gasteiger partial charge in [-0.3, -0.25) is 0 Å². The highest BCUT2D eigenvalue weighted by atomic mass is 16.5. The highest BCUT2D eigenvalue weighted by Crippen LogP contribution is 2.34. The van der Waals surface area contributed by atoms with Crippen LogP contribution in [0.5, 0.6) is 11.5 Å². The molecule has 0 saturated heterocycles. The third-order valence-electron chi connectivity index (χ3n) is 3.69. The summed E-state index contributed by atoms with van der Waals surface area (Å²) in [5.74, 6) is 0.147. The van der Waals surface area contributed by atoms with Gasteiger partial charge in [0.1, 0.15) is 0 Å². The Kier molecular flexibility index (Phi) is 4.56. The van der Waals surface area contributed by atoms with Crippen LogP contribution in [0.1, 0.15) is 29.9 Å². The molecule has 25 heavy (non-hydrogen) atoms. The fraction of sp³-hybridized carbons (Fsp3) is 0.278. The van der Waals surface area contributed by atoms with E-state index in [2.05, 4.69) is 10.1 Å². The largest absolute Gasteiger partial charge is 0.490 e. The number of ether oxygens (including phenoxy) is 2. The number of hydrogen-bond acceptors (Lipinski definition) is 6. The maximum atomic E-state index is 11.6. The number of pyridine rings is 1. The summed E-state index contributed by atoms with van der Waals surface area (Å²) in [6, 6.07) is 6.87. The molecule has 1 N–H and O–H groups in total. The molecule has 0 aliphatic carbocycles. The number of hydrogen-bond donors (Lipinski definition) is 1. The molecule has 7 nitrogen and oxygen atoms in total. The average molecular weight is 342 g/mol. The monoisotopic (exact) mass is 342 g/mol. The molecule has 0 aliphatic heterocycles. The van der Waals surface area contributed by atoms with Crippen molar-refractivity contribution in [2.75, 3.05) is 13.2 Å². The first-order valence-corrected chi connectivity index (χ1v) is 7.95. The van der Waals surface area contributed by atoms with Crippen LogP contribution in [0.4, 0.5) is 0 Å². The predicted molar refractivity (Wildman–Crippen MR) is 91.3 cm³/mol. The minimum atomic E-state index is -1.06. The fourth-order valence-electron chi connectivity index (χ4n) is 2.62. The van der Waals surface area contributed by atoms with E-state index in [4.69, 9.17) is 14.0 Å². The van der Waals surface area contributed by atoms with E-state index >= 15 is 0 Å². The van der Waals surface area contributed by atoms with Gasteiger partial charge in [0.25, 0.3) is 5.71 Å². The Morgan fingerprint density at radius 1 is 1.16 bits per heavy atom. The second kappa shape index (κ2) is 6.80. The van der Waals surface area contributed by atoms with Gasteiger partial charge in [-0.05, 0) is 45.0 Å². The van der Waals surface area contributed by atoms with Gasteiger partial charge < -0.3 is 19.1 Å². The molecule has 0 saturated carbocycles. The third-order valence-corrected chi connectivity index (χ3v) is 3.69. The second-order valence-corrected chi connectivity index (χ2v) is 5.34. The van der Waals surface area contributed by atoms with Gasteiger partial charge in [-0.2, -0.15) is 0 Å². The average Bonchev–Trinajstić information content (AvgIpc) is 2.97. The number of rotatable bonds is 6. The van der Waals surface area contributed by atoms with Crippen LogP contribution in [0.2, 0.25) is 0 Å². The summed E-state index contributed by atoms with van der Waals surface area (Å²) in [5, 5.41) is 13.7. The molecule has 3 rings (SSSR count). The SMILES string of the molecule is CCOc1ccc(-c2cc(C(=O)O)c3c(C)noc3n2)cc1OCC. The number of carboxylic acid groups (broad SMARTS) is 1. The van der Waals surface area contributed by atoms with E-state index in [1.165, 1.54) is 6.07 Å². The summed E-state index contributed by atoms with van der Waals surface area (Å²) in [6.45, 7) is 6.46. The molecule has 0 bridgehead atoms. The molecule has 0 fully saturated rings. The molecule has 1 aromatic carbocycles. The van der Waals surface area contributed by atoms with Crippen molar-refractivity contribution < 1.29 is 23.9 Å². The normalized spacial score (nSPS) is 10.8. The van der Waals surface area contributed by atoms with E-state index in [1.54, 1.807) is 25.1 Å². The molecule has 0 unspecified atom stereocenters. The van der Waals surface area contributed by atoms with E-state index < -0.39 is 5.97 Å². The molecule has 2 aromatic heterocycles. The van der Waals surface area contributed by atoms with Crippen LogP contribution in [0.25, 0.3) is 22.4 Å². The molecule has 0 atom stereocenters.